The van der Waals surface area contributed by atoms with Crippen LogP contribution in [0.5, 0.6) is 0 Å². The molecule has 122 valence electrons. The number of guanidine groups is 1. The molecule has 0 atom stereocenters. The number of aromatic nitrogens is 3. The molecule has 0 aliphatic rings. The highest BCUT2D eigenvalue weighted by Gasteiger charge is 2.01. The van der Waals surface area contributed by atoms with Gasteiger partial charge in [-0.2, -0.15) is 0 Å². The maximum atomic E-state index is 5.90. The number of anilines is 1. The zero-order valence-electron chi connectivity index (χ0n) is 13.8. The average molecular weight is 320 g/mol. The molecular formula is C18H20N6. The van der Waals surface area contributed by atoms with Crippen molar-refractivity contribution in [1.82, 2.24) is 15.0 Å². The summed E-state index contributed by atoms with van der Waals surface area (Å²) in [5.41, 5.74) is 9.81. The number of pyridine rings is 1. The molecule has 3 rings (SSSR count). The van der Waals surface area contributed by atoms with Gasteiger partial charge in [0, 0.05) is 29.5 Å². The highest BCUT2D eigenvalue weighted by Crippen LogP contribution is 2.13. The summed E-state index contributed by atoms with van der Waals surface area (Å²) in [6.45, 7) is 4.41. The van der Waals surface area contributed by atoms with Gasteiger partial charge < -0.3 is 5.73 Å². The zero-order chi connectivity index (χ0) is 16.9. The van der Waals surface area contributed by atoms with E-state index in [2.05, 4.69) is 37.4 Å². The first-order valence-corrected chi connectivity index (χ1v) is 7.83. The molecule has 0 spiro atoms. The van der Waals surface area contributed by atoms with Crippen LogP contribution >= 0.6 is 0 Å². The van der Waals surface area contributed by atoms with Gasteiger partial charge in [0.15, 0.2) is 5.96 Å². The predicted molar refractivity (Wildman–Crippen MR) is 97.1 cm³/mol. The van der Waals surface area contributed by atoms with Crippen molar-refractivity contribution in [2.24, 2.45) is 10.7 Å². The number of aryl methyl sites for hydroxylation is 2. The molecule has 0 aliphatic heterocycles. The first-order chi connectivity index (χ1) is 11.6. The van der Waals surface area contributed by atoms with Gasteiger partial charge in [-0.05, 0) is 44.0 Å². The molecule has 0 amide bonds. The first-order valence-electron chi connectivity index (χ1n) is 7.83. The molecular weight excluding hydrogens is 300 g/mol. The Bertz CT molecular complexity index is 867. The van der Waals surface area contributed by atoms with E-state index in [0.717, 1.165) is 34.3 Å². The molecule has 0 saturated carbocycles. The maximum Gasteiger partial charge on any atom is 0.229 e. The van der Waals surface area contributed by atoms with E-state index in [1.165, 1.54) is 0 Å². The van der Waals surface area contributed by atoms with E-state index in [9.17, 15) is 0 Å². The summed E-state index contributed by atoms with van der Waals surface area (Å²) < 4.78 is 0. The third kappa shape index (κ3) is 4.04. The minimum atomic E-state index is 0.314. The summed E-state index contributed by atoms with van der Waals surface area (Å²) in [6, 6.07) is 12.1. The summed E-state index contributed by atoms with van der Waals surface area (Å²) >= 11 is 0. The van der Waals surface area contributed by atoms with Gasteiger partial charge in [0.2, 0.25) is 5.95 Å². The van der Waals surface area contributed by atoms with Crippen molar-refractivity contribution in [3.05, 3.63) is 59.5 Å². The SMILES string of the molecule is Cc1cc(C)nc(NC(N)=NCCc2cnc3ccccc3c2)n1. The second-order valence-corrected chi connectivity index (χ2v) is 5.65. The Labute approximate surface area is 140 Å². The van der Waals surface area contributed by atoms with E-state index >= 15 is 0 Å². The molecule has 3 aromatic rings. The van der Waals surface area contributed by atoms with Crippen molar-refractivity contribution in [1.29, 1.82) is 0 Å². The van der Waals surface area contributed by atoms with Gasteiger partial charge in [-0.1, -0.05) is 18.2 Å². The number of aliphatic imine (C=N–C) groups is 1. The molecule has 0 saturated heterocycles. The fourth-order valence-electron chi connectivity index (χ4n) is 2.49. The molecule has 6 nitrogen and oxygen atoms in total. The first kappa shape index (κ1) is 15.9. The number of fused-ring (bicyclic) bond motifs is 1. The predicted octanol–water partition coefficient (Wildman–Crippen LogP) is 2.61. The Kier molecular flexibility index (Phi) is 4.65. The second kappa shape index (κ2) is 7.04. The largest absolute Gasteiger partial charge is 0.370 e. The van der Waals surface area contributed by atoms with Gasteiger partial charge in [0.1, 0.15) is 0 Å². The smallest absolute Gasteiger partial charge is 0.229 e. The van der Waals surface area contributed by atoms with Crippen LogP contribution in [0, 0.1) is 13.8 Å². The summed E-state index contributed by atoms with van der Waals surface area (Å²) in [4.78, 5) is 17.3. The Morgan fingerprint density at radius 2 is 1.88 bits per heavy atom. The van der Waals surface area contributed by atoms with Crippen molar-refractivity contribution >= 4 is 22.8 Å². The van der Waals surface area contributed by atoms with E-state index in [0.29, 0.717) is 18.5 Å². The number of para-hydroxylation sites is 1. The lowest BCUT2D eigenvalue weighted by Crippen LogP contribution is -2.24. The summed E-state index contributed by atoms with van der Waals surface area (Å²) in [5, 5.41) is 4.06. The second-order valence-electron chi connectivity index (χ2n) is 5.65. The Morgan fingerprint density at radius 1 is 1.12 bits per heavy atom. The van der Waals surface area contributed by atoms with Gasteiger partial charge in [-0.25, -0.2) is 9.97 Å². The number of nitrogens with two attached hydrogens (primary N) is 1. The van der Waals surface area contributed by atoms with E-state index in [1.807, 2.05) is 44.3 Å². The fourth-order valence-corrected chi connectivity index (χ4v) is 2.49. The topological polar surface area (TPSA) is 89.1 Å². The molecule has 0 bridgehead atoms. The average Bonchev–Trinajstić information content (AvgIpc) is 2.53. The minimum Gasteiger partial charge on any atom is -0.370 e. The lowest BCUT2D eigenvalue weighted by molar-refractivity contribution is 0.957. The van der Waals surface area contributed by atoms with Crippen molar-refractivity contribution in [2.45, 2.75) is 20.3 Å². The monoisotopic (exact) mass is 320 g/mol. The summed E-state index contributed by atoms with van der Waals surface area (Å²) in [6.07, 6.45) is 2.66. The van der Waals surface area contributed by atoms with E-state index in [-0.39, 0.29) is 0 Å². The maximum absolute atomic E-state index is 5.90. The fraction of sp³-hybridized carbons (Fsp3) is 0.222. The molecule has 2 aromatic heterocycles. The van der Waals surface area contributed by atoms with Crippen LogP contribution in [0.2, 0.25) is 0 Å². The van der Waals surface area contributed by atoms with Gasteiger partial charge in [0.05, 0.1) is 5.52 Å². The highest BCUT2D eigenvalue weighted by molar-refractivity contribution is 5.90. The number of rotatable bonds is 4. The Morgan fingerprint density at radius 3 is 2.67 bits per heavy atom. The number of hydrogen-bond acceptors (Lipinski definition) is 4. The van der Waals surface area contributed by atoms with Crippen LogP contribution in [0.4, 0.5) is 5.95 Å². The van der Waals surface area contributed by atoms with Crippen LogP contribution in [0.3, 0.4) is 0 Å². The molecule has 0 radical (unpaired) electrons. The van der Waals surface area contributed by atoms with Crippen LogP contribution in [0.25, 0.3) is 10.9 Å². The third-order valence-corrected chi connectivity index (χ3v) is 3.55. The number of nitrogens with one attached hydrogen (secondary N) is 1. The summed E-state index contributed by atoms with van der Waals surface area (Å²) in [7, 11) is 0. The molecule has 24 heavy (non-hydrogen) atoms. The Balaban J connectivity index is 1.62. The van der Waals surface area contributed by atoms with Crippen LogP contribution in [-0.2, 0) is 6.42 Å². The lowest BCUT2D eigenvalue weighted by Gasteiger charge is -2.06. The van der Waals surface area contributed by atoms with Crippen LogP contribution < -0.4 is 11.1 Å². The van der Waals surface area contributed by atoms with Crippen molar-refractivity contribution < 1.29 is 0 Å². The number of benzene rings is 1. The molecule has 2 heterocycles. The van der Waals surface area contributed by atoms with Crippen LogP contribution in [0.1, 0.15) is 17.0 Å². The molecule has 1 aromatic carbocycles. The van der Waals surface area contributed by atoms with Crippen LogP contribution in [-0.4, -0.2) is 27.5 Å². The molecule has 3 N–H and O–H groups in total. The Hall–Kier alpha value is -3.02. The van der Waals surface area contributed by atoms with Crippen molar-refractivity contribution in [3.63, 3.8) is 0 Å². The number of nitrogens with zero attached hydrogens (tertiary/aromatic N) is 4. The van der Waals surface area contributed by atoms with Crippen LogP contribution in [0.15, 0.2) is 47.6 Å². The standard InChI is InChI=1S/C18H20N6/c1-12-9-13(2)23-18(22-12)24-17(19)20-8-7-14-10-15-5-3-4-6-16(15)21-11-14/h3-6,9-11H,7-8H2,1-2H3,(H3,19,20,22,23,24). The highest BCUT2D eigenvalue weighted by atomic mass is 15.2. The van der Waals surface area contributed by atoms with Crippen molar-refractivity contribution in [2.75, 3.05) is 11.9 Å². The minimum absolute atomic E-state index is 0.314. The van der Waals surface area contributed by atoms with Crippen molar-refractivity contribution in [3.8, 4) is 0 Å². The van der Waals surface area contributed by atoms with E-state index in [4.69, 9.17) is 5.73 Å². The van der Waals surface area contributed by atoms with E-state index < -0.39 is 0 Å². The molecule has 0 aliphatic carbocycles. The van der Waals surface area contributed by atoms with E-state index in [1.54, 1.807) is 0 Å². The summed E-state index contributed by atoms with van der Waals surface area (Å²) in [5.74, 6) is 0.787. The number of hydrogen-bond donors (Lipinski definition) is 2. The molecule has 6 heteroatoms. The lowest BCUT2D eigenvalue weighted by atomic mass is 10.1. The molecule has 0 unspecified atom stereocenters. The quantitative estimate of drug-likeness (QED) is 0.570. The van der Waals surface area contributed by atoms with Gasteiger partial charge in [-0.3, -0.25) is 15.3 Å². The van der Waals surface area contributed by atoms with Gasteiger partial charge in [0.25, 0.3) is 0 Å². The molecule has 0 fully saturated rings. The van der Waals surface area contributed by atoms with Gasteiger partial charge >= 0.3 is 0 Å². The third-order valence-electron chi connectivity index (χ3n) is 3.55. The zero-order valence-corrected chi connectivity index (χ0v) is 13.8. The van der Waals surface area contributed by atoms with Gasteiger partial charge in [-0.15, -0.1) is 0 Å². The normalized spacial score (nSPS) is 11.7.